The summed E-state index contributed by atoms with van der Waals surface area (Å²) < 4.78 is 0. The molecular formula is C13H30N2. The molecule has 0 fully saturated rings. The van der Waals surface area contributed by atoms with Crippen molar-refractivity contribution in [1.82, 2.24) is 5.32 Å². The molecule has 2 heteroatoms. The van der Waals surface area contributed by atoms with Crippen LogP contribution in [0.2, 0.25) is 0 Å². The minimum absolute atomic E-state index is 0.320. The standard InChI is InChI=1S/C13H30N2/c1-5-6-7-9-13(3,4)11-15-10-8-12(2)14/h12,15H,5-11,14H2,1-4H3. The van der Waals surface area contributed by atoms with Crippen molar-refractivity contribution in [2.75, 3.05) is 13.1 Å². The van der Waals surface area contributed by atoms with Crippen LogP contribution in [0.25, 0.3) is 0 Å². The molecule has 0 spiro atoms. The first kappa shape index (κ1) is 14.9. The Morgan fingerprint density at radius 3 is 2.47 bits per heavy atom. The summed E-state index contributed by atoms with van der Waals surface area (Å²) >= 11 is 0. The quantitative estimate of drug-likeness (QED) is 0.579. The van der Waals surface area contributed by atoms with Crippen molar-refractivity contribution in [2.24, 2.45) is 11.1 Å². The fourth-order valence-corrected chi connectivity index (χ4v) is 1.70. The Bertz CT molecular complexity index is 141. The van der Waals surface area contributed by atoms with Crippen molar-refractivity contribution >= 4 is 0 Å². The maximum Gasteiger partial charge on any atom is 0.00225 e. The Morgan fingerprint density at radius 2 is 1.93 bits per heavy atom. The minimum Gasteiger partial charge on any atom is -0.328 e. The lowest BCUT2D eigenvalue weighted by atomic mass is 9.87. The summed E-state index contributed by atoms with van der Waals surface area (Å²) in [5.74, 6) is 0. The number of rotatable bonds is 9. The van der Waals surface area contributed by atoms with Crippen molar-refractivity contribution < 1.29 is 0 Å². The van der Waals surface area contributed by atoms with E-state index in [0.29, 0.717) is 11.5 Å². The molecule has 0 aromatic heterocycles. The molecule has 0 bridgehead atoms. The van der Waals surface area contributed by atoms with Gasteiger partial charge in [-0.1, -0.05) is 40.0 Å². The molecule has 0 aromatic carbocycles. The van der Waals surface area contributed by atoms with Crippen LogP contribution in [0.1, 0.15) is 59.8 Å². The van der Waals surface area contributed by atoms with Crippen LogP contribution in [0, 0.1) is 5.41 Å². The van der Waals surface area contributed by atoms with Gasteiger partial charge in [-0.25, -0.2) is 0 Å². The van der Waals surface area contributed by atoms with Gasteiger partial charge in [-0.3, -0.25) is 0 Å². The molecule has 0 aliphatic carbocycles. The van der Waals surface area contributed by atoms with Gasteiger partial charge in [-0.15, -0.1) is 0 Å². The third-order valence-corrected chi connectivity index (χ3v) is 2.84. The second-order valence-corrected chi connectivity index (χ2v) is 5.56. The Balaban J connectivity index is 3.46. The van der Waals surface area contributed by atoms with Crippen LogP contribution in [-0.4, -0.2) is 19.1 Å². The summed E-state index contributed by atoms with van der Waals surface area (Å²) in [6.07, 6.45) is 6.44. The van der Waals surface area contributed by atoms with E-state index < -0.39 is 0 Å². The van der Waals surface area contributed by atoms with Crippen LogP contribution in [0.15, 0.2) is 0 Å². The van der Waals surface area contributed by atoms with Crippen LogP contribution in [0.5, 0.6) is 0 Å². The van der Waals surface area contributed by atoms with Crippen molar-refractivity contribution in [1.29, 1.82) is 0 Å². The summed E-state index contributed by atoms with van der Waals surface area (Å²) in [5, 5.41) is 3.50. The van der Waals surface area contributed by atoms with Gasteiger partial charge in [-0.05, 0) is 31.7 Å². The van der Waals surface area contributed by atoms with Crippen molar-refractivity contribution in [3.63, 3.8) is 0 Å². The number of nitrogens with one attached hydrogen (secondary N) is 1. The molecule has 0 radical (unpaired) electrons. The van der Waals surface area contributed by atoms with Gasteiger partial charge in [0.15, 0.2) is 0 Å². The van der Waals surface area contributed by atoms with Gasteiger partial charge in [0, 0.05) is 12.6 Å². The predicted molar refractivity (Wildman–Crippen MR) is 69.1 cm³/mol. The smallest absolute Gasteiger partial charge is 0.00225 e. The third kappa shape index (κ3) is 10.2. The largest absolute Gasteiger partial charge is 0.328 e. The molecule has 0 rings (SSSR count). The Kier molecular flexibility index (Phi) is 8.07. The normalized spacial score (nSPS) is 14.2. The highest BCUT2D eigenvalue weighted by molar-refractivity contribution is 4.71. The number of hydrogen-bond acceptors (Lipinski definition) is 2. The van der Waals surface area contributed by atoms with E-state index in [1.807, 2.05) is 0 Å². The first-order chi connectivity index (χ1) is 6.98. The van der Waals surface area contributed by atoms with E-state index >= 15 is 0 Å². The molecule has 1 unspecified atom stereocenters. The fraction of sp³-hybridized carbons (Fsp3) is 1.00. The van der Waals surface area contributed by atoms with Gasteiger partial charge < -0.3 is 11.1 Å². The van der Waals surface area contributed by atoms with Crippen LogP contribution >= 0.6 is 0 Å². The van der Waals surface area contributed by atoms with Crippen LogP contribution in [0.3, 0.4) is 0 Å². The lowest BCUT2D eigenvalue weighted by Gasteiger charge is -2.25. The van der Waals surface area contributed by atoms with Crippen molar-refractivity contribution in [2.45, 2.75) is 65.8 Å². The van der Waals surface area contributed by atoms with E-state index in [1.165, 1.54) is 25.7 Å². The highest BCUT2D eigenvalue weighted by atomic mass is 14.9. The summed E-state index contributed by atoms with van der Waals surface area (Å²) in [5.41, 5.74) is 6.14. The minimum atomic E-state index is 0.320. The van der Waals surface area contributed by atoms with Gasteiger partial charge in [0.1, 0.15) is 0 Å². The van der Waals surface area contributed by atoms with Gasteiger partial charge in [0.05, 0.1) is 0 Å². The van der Waals surface area contributed by atoms with E-state index in [1.54, 1.807) is 0 Å². The van der Waals surface area contributed by atoms with Gasteiger partial charge in [-0.2, -0.15) is 0 Å². The SMILES string of the molecule is CCCCCC(C)(C)CNCCC(C)N. The first-order valence-corrected chi connectivity index (χ1v) is 6.44. The summed E-state index contributed by atoms with van der Waals surface area (Å²) in [7, 11) is 0. The zero-order chi connectivity index (χ0) is 11.7. The summed E-state index contributed by atoms with van der Waals surface area (Å²) in [4.78, 5) is 0. The van der Waals surface area contributed by atoms with E-state index in [9.17, 15) is 0 Å². The molecule has 2 nitrogen and oxygen atoms in total. The topological polar surface area (TPSA) is 38.0 Å². The van der Waals surface area contributed by atoms with Crippen molar-refractivity contribution in [3.05, 3.63) is 0 Å². The van der Waals surface area contributed by atoms with E-state index in [2.05, 4.69) is 33.0 Å². The molecule has 0 aliphatic heterocycles. The second kappa shape index (κ2) is 8.12. The molecule has 1 atom stereocenters. The Morgan fingerprint density at radius 1 is 1.27 bits per heavy atom. The van der Waals surface area contributed by atoms with E-state index in [-0.39, 0.29) is 0 Å². The molecular weight excluding hydrogens is 184 g/mol. The zero-order valence-corrected chi connectivity index (χ0v) is 11.1. The maximum atomic E-state index is 5.70. The molecule has 0 saturated carbocycles. The highest BCUT2D eigenvalue weighted by Crippen LogP contribution is 2.22. The van der Waals surface area contributed by atoms with Crippen molar-refractivity contribution in [3.8, 4) is 0 Å². The molecule has 0 saturated heterocycles. The van der Waals surface area contributed by atoms with Crippen LogP contribution in [0.4, 0.5) is 0 Å². The average Bonchev–Trinajstić information content (AvgIpc) is 2.13. The molecule has 3 N–H and O–H groups in total. The van der Waals surface area contributed by atoms with E-state index in [0.717, 1.165) is 19.5 Å². The molecule has 0 aromatic rings. The number of hydrogen-bond donors (Lipinski definition) is 2. The van der Waals surface area contributed by atoms with Gasteiger partial charge in [0.2, 0.25) is 0 Å². The third-order valence-electron chi connectivity index (χ3n) is 2.84. The molecule has 0 amide bonds. The molecule has 15 heavy (non-hydrogen) atoms. The van der Waals surface area contributed by atoms with Crippen LogP contribution < -0.4 is 11.1 Å². The maximum absolute atomic E-state index is 5.70. The molecule has 0 aliphatic rings. The number of unbranched alkanes of at least 4 members (excludes halogenated alkanes) is 2. The lowest BCUT2D eigenvalue weighted by Crippen LogP contribution is -2.32. The fourth-order valence-electron chi connectivity index (χ4n) is 1.70. The molecule has 92 valence electrons. The predicted octanol–water partition coefficient (Wildman–Crippen LogP) is 2.92. The highest BCUT2D eigenvalue weighted by Gasteiger charge is 2.16. The van der Waals surface area contributed by atoms with Crippen LogP contribution in [-0.2, 0) is 0 Å². The first-order valence-electron chi connectivity index (χ1n) is 6.44. The lowest BCUT2D eigenvalue weighted by molar-refractivity contribution is 0.301. The average molecular weight is 214 g/mol. The van der Waals surface area contributed by atoms with Gasteiger partial charge in [0.25, 0.3) is 0 Å². The second-order valence-electron chi connectivity index (χ2n) is 5.56. The van der Waals surface area contributed by atoms with E-state index in [4.69, 9.17) is 5.73 Å². The molecule has 0 heterocycles. The summed E-state index contributed by atoms with van der Waals surface area (Å²) in [6, 6.07) is 0.320. The Labute approximate surface area is 96.0 Å². The number of nitrogens with two attached hydrogens (primary N) is 1. The Hall–Kier alpha value is -0.0800. The van der Waals surface area contributed by atoms with Gasteiger partial charge >= 0.3 is 0 Å². The monoisotopic (exact) mass is 214 g/mol. The summed E-state index contributed by atoms with van der Waals surface area (Å²) in [6.45, 7) is 11.2. The zero-order valence-electron chi connectivity index (χ0n) is 11.1.